The number of hydrogen-bond acceptors (Lipinski definition) is 4. The first-order chi connectivity index (χ1) is 12.7. The number of nitrogens with zero attached hydrogens (tertiary/aromatic N) is 4. The molecule has 1 saturated heterocycles. The van der Waals surface area contributed by atoms with Gasteiger partial charge in [-0.05, 0) is 42.9 Å². The van der Waals surface area contributed by atoms with Crippen molar-refractivity contribution in [3.05, 3.63) is 45.9 Å². The van der Waals surface area contributed by atoms with Crippen LogP contribution in [0.1, 0.15) is 33.9 Å². The fraction of sp³-hybridized carbons (Fsp3) is 0.421. The van der Waals surface area contributed by atoms with Gasteiger partial charge in [-0.15, -0.1) is 11.3 Å². The fourth-order valence-electron chi connectivity index (χ4n) is 3.46. The standard InChI is InChI=1S/C19H22N4O2S/c24-18(7-6-16-5-3-13-26-16)21-9-11-22(12-10-21)19(25)17-14-15-4-1-2-8-23(15)20-17/h3,5-7,13-14H,1-2,4,8-12H2. The van der Waals surface area contributed by atoms with Crippen LogP contribution >= 0.6 is 11.3 Å². The summed E-state index contributed by atoms with van der Waals surface area (Å²) in [7, 11) is 0. The zero-order valence-electron chi connectivity index (χ0n) is 14.6. The monoisotopic (exact) mass is 370 g/mol. The van der Waals surface area contributed by atoms with E-state index in [1.54, 1.807) is 27.2 Å². The van der Waals surface area contributed by atoms with Gasteiger partial charge in [0.1, 0.15) is 0 Å². The second kappa shape index (κ2) is 7.45. The van der Waals surface area contributed by atoms with E-state index in [0.717, 1.165) is 30.0 Å². The van der Waals surface area contributed by atoms with E-state index in [0.29, 0.717) is 31.9 Å². The lowest BCUT2D eigenvalue weighted by atomic mass is 10.1. The van der Waals surface area contributed by atoms with Crippen LogP contribution < -0.4 is 0 Å². The first-order valence-corrected chi connectivity index (χ1v) is 9.95. The van der Waals surface area contributed by atoms with Crippen molar-refractivity contribution in [3.63, 3.8) is 0 Å². The average molecular weight is 370 g/mol. The van der Waals surface area contributed by atoms with E-state index in [1.165, 1.54) is 6.42 Å². The van der Waals surface area contributed by atoms with Crippen LogP contribution in [0, 0.1) is 0 Å². The van der Waals surface area contributed by atoms with Crippen LogP contribution in [0.2, 0.25) is 0 Å². The zero-order chi connectivity index (χ0) is 17.9. The highest BCUT2D eigenvalue weighted by Crippen LogP contribution is 2.17. The van der Waals surface area contributed by atoms with Gasteiger partial charge in [0.15, 0.2) is 5.69 Å². The first-order valence-electron chi connectivity index (χ1n) is 9.07. The molecule has 2 aromatic heterocycles. The van der Waals surface area contributed by atoms with E-state index in [1.807, 2.05) is 34.3 Å². The maximum absolute atomic E-state index is 12.7. The number of fused-ring (bicyclic) bond motifs is 1. The summed E-state index contributed by atoms with van der Waals surface area (Å²) in [5.74, 6) is -0.0175. The molecule has 0 aliphatic carbocycles. The summed E-state index contributed by atoms with van der Waals surface area (Å²) in [6.45, 7) is 3.14. The van der Waals surface area contributed by atoms with Crippen molar-refractivity contribution >= 4 is 29.2 Å². The summed E-state index contributed by atoms with van der Waals surface area (Å²) < 4.78 is 1.96. The van der Waals surface area contributed by atoms with Gasteiger partial charge in [-0.1, -0.05) is 6.07 Å². The third kappa shape index (κ3) is 3.58. The Hall–Kier alpha value is -2.41. The molecule has 7 heteroatoms. The Morgan fingerprint density at radius 2 is 1.88 bits per heavy atom. The van der Waals surface area contributed by atoms with Crippen LogP contribution in [0.4, 0.5) is 0 Å². The van der Waals surface area contributed by atoms with Crippen LogP contribution in [-0.4, -0.2) is 57.6 Å². The van der Waals surface area contributed by atoms with E-state index < -0.39 is 0 Å². The Morgan fingerprint density at radius 3 is 2.62 bits per heavy atom. The summed E-state index contributed by atoms with van der Waals surface area (Å²) in [6.07, 6.45) is 6.76. The molecule has 0 bridgehead atoms. The van der Waals surface area contributed by atoms with Gasteiger partial charge in [-0.3, -0.25) is 14.3 Å². The fourth-order valence-corrected chi connectivity index (χ4v) is 4.08. The van der Waals surface area contributed by atoms with Crippen molar-refractivity contribution in [2.45, 2.75) is 25.8 Å². The van der Waals surface area contributed by atoms with Crippen molar-refractivity contribution in [1.82, 2.24) is 19.6 Å². The van der Waals surface area contributed by atoms with Crippen molar-refractivity contribution < 1.29 is 9.59 Å². The third-order valence-electron chi connectivity index (χ3n) is 4.95. The number of thiophene rings is 1. The number of aryl methyl sites for hydroxylation is 2. The molecule has 1 fully saturated rings. The molecule has 0 saturated carbocycles. The van der Waals surface area contributed by atoms with Crippen LogP contribution in [0.25, 0.3) is 6.08 Å². The van der Waals surface area contributed by atoms with Gasteiger partial charge in [0, 0.05) is 49.4 Å². The van der Waals surface area contributed by atoms with Gasteiger partial charge < -0.3 is 9.80 Å². The van der Waals surface area contributed by atoms with Crippen molar-refractivity contribution in [1.29, 1.82) is 0 Å². The molecular formula is C19H22N4O2S. The second-order valence-corrected chi connectivity index (χ2v) is 7.65. The topological polar surface area (TPSA) is 58.4 Å². The van der Waals surface area contributed by atoms with Crippen molar-refractivity contribution in [2.24, 2.45) is 0 Å². The van der Waals surface area contributed by atoms with E-state index in [2.05, 4.69) is 5.10 Å². The normalized spacial score (nSPS) is 17.5. The number of carbonyl (C=O) groups is 2. The van der Waals surface area contributed by atoms with Crippen LogP contribution in [-0.2, 0) is 17.8 Å². The minimum absolute atomic E-state index is 0.00274. The first kappa shape index (κ1) is 17.0. The number of hydrogen-bond donors (Lipinski definition) is 0. The molecule has 2 amide bonds. The van der Waals surface area contributed by atoms with Gasteiger partial charge >= 0.3 is 0 Å². The van der Waals surface area contributed by atoms with Gasteiger partial charge in [0.2, 0.25) is 5.91 Å². The third-order valence-corrected chi connectivity index (χ3v) is 5.78. The van der Waals surface area contributed by atoms with E-state index >= 15 is 0 Å². The molecule has 26 heavy (non-hydrogen) atoms. The largest absolute Gasteiger partial charge is 0.336 e. The SMILES string of the molecule is O=C(C=Cc1cccs1)N1CCN(C(=O)c2cc3n(n2)CCCC3)CC1. The lowest BCUT2D eigenvalue weighted by Crippen LogP contribution is -2.50. The van der Waals surface area contributed by atoms with E-state index in [-0.39, 0.29) is 11.8 Å². The summed E-state index contributed by atoms with van der Waals surface area (Å²) in [5.41, 5.74) is 1.70. The lowest BCUT2D eigenvalue weighted by molar-refractivity contribution is -0.127. The maximum Gasteiger partial charge on any atom is 0.274 e. The molecule has 2 aliphatic heterocycles. The molecule has 4 rings (SSSR count). The summed E-state index contributed by atoms with van der Waals surface area (Å²) in [6, 6.07) is 5.88. The molecule has 0 N–H and O–H groups in total. The molecule has 0 atom stereocenters. The number of carbonyl (C=O) groups excluding carboxylic acids is 2. The highest BCUT2D eigenvalue weighted by molar-refractivity contribution is 7.10. The predicted molar refractivity (Wildman–Crippen MR) is 101 cm³/mol. The van der Waals surface area contributed by atoms with Crippen LogP contribution in [0.3, 0.4) is 0 Å². The van der Waals surface area contributed by atoms with Crippen molar-refractivity contribution in [3.8, 4) is 0 Å². The minimum Gasteiger partial charge on any atom is -0.336 e. The average Bonchev–Trinajstić information content (AvgIpc) is 3.35. The summed E-state index contributed by atoms with van der Waals surface area (Å²) in [4.78, 5) is 29.7. The minimum atomic E-state index is -0.0203. The molecule has 2 aromatic rings. The van der Waals surface area contributed by atoms with Crippen LogP contribution in [0.15, 0.2) is 29.7 Å². The molecular weight excluding hydrogens is 348 g/mol. The Balaban J connectivity index is 1.33. The Kier molecular flexibility index (Phi) is 4.88. The molecule has 0 radical (unpaired) electrons. The molecule has 0 unspecified atom stereocenters. The number of rotatable bonds is 3. The summed E-state index contributed by atoms with van der Waals surface area (Å²) in [5, 5.41) is 6.46. The molecule has 0 aromatic carbocycles. The van der Waals surface area contributed by atoms with E-state index in [9.17, 15) is 9.59 Å². The molecule has 0 spiro atoms. The smallest absolute Gasteiger partial charge is 0.274 e. The molecule has 4 heterocycles. The maximum atomic E-state index is 12.7. The quantitative estimate of drug-likeness (QED) is 0.779. The van der Waals surface area contributed by atoms with E-state index in [4.69, 9.17) is 0 Å². The molecule has 2 aliphatic rings. The Labute approximate surface area is 156 Å². The van der Waals surface area contributed by atoms with Gasteiger partial charge in [0.25, 0.3) is 5.91 Å². The number of amides is 2. The molecule has 136 valence electrons. The second-order valence-electron chi connectivity index (χ2n) is 6.67. The lowest BCUT2D eigenvalue weighted by Gasteiger charge is -2.33. The zero-order valence-corrected chi connectivity index (χ0v) is 15.5. The summed E-state index contributed by atoms with van der Waals surface area (Å²) >= 11 is 1.61. The van der Waals surface area contributed by atoms with Crippen LogP contribution in [0.5, 0.6) is 0 Å². The number of aromatic nitrogens is 2. The van der Waals surface area contributed by atoms with Gasteiger partial charge in [-0.25, -0.2) is 0 Å². The number of piperazine rings is 1. The Morgan fingerprint density at radius 1 is 1.08 bits per heavy atom. The molecule has 6 nitrogen and oxygen atoms in total. The van der Waals surface area contributed by atoms with Gasteiger partial charge in [0.05, 0.1) is 0 Å². The highest BCUT2D eigenvalue weighted by atomic mass is 32.1. The Bertz CT molecular complexity index is 793. The van der Waals surface area contributed by atoms with Gasteiger partial charge in [-0.2, -0.15) is 5.10 Å². The van der Waals surface area contributed by atoms with Crippen molar-refractivity contribution in [2.75, 3.05) is 26.2 Å². The highest BCUT2D eigenvalue weighted by Gasteiger charge is 2.26. The predicted octanol–water partition coefficient (Wildman–Crippen LogP) is 2.28.